The second kappa shape index (κ2) is 10.8. The van der Waals surface area contributed by atoms with Crippen LogP contribution >= 0.6 is 0 Å². The number of rotatable bonds is 2. The second-order valence-electron chi connectivity index (χ2n) is 8.86. The van der Waals surface area contributed by atoms with Gasteiger partial charge in [0.1, 0.15) is 24.0 Å². The molecule has 4 rings (SSSR count). The van der Waals surface area contributed by atoms with Crippen LogP contribution in [0.3, 0.4) is 0 Å². The molecule has 0 aliphatic carbocycles. The van der Waals surface area contributed by atoms with Crippen molar-refractivity contribution in [3.8, 4) is 5.75 Å². The number of amides is 1. The third-order valence-electron chi connectivity index (χ3n) is 5.90. The highest BCUT2D eigenvalue weighted by Crippen LogP contribution is 2.27. The summed E-state index contributed by atoms with van der Waals surface area (Å²) < 4.78 is 39.2. The van der Waals surface area contributed by atoms with Crippen molar-refractivity contribution in [1.29, 1.82) is 0 Å². The van der Waals surface area contributed by atoms with Crippen molar-refractivity contribution in [2.24, 2.45) is 0 Å². The lowest BCUT2D eigenvalue weighted by molar-refractivity contribution is 0.0570. The van der Waals surface area contributed by atoms with Crippen LogP contribution in [0.2, 0.25) is 0 Å². The second-order valence-corrected chi connectivity index (χ2v) is 8.86. The van der Waals surface area contributed by atoms with Crippen LogP contribution in [0, 0.1) is 11.6 Å². The molecular formula is C28H29F2NO3. The van der Waals surface area contributed by atoms with E-state index in [4.69, 9.17) is 9.47 Å². The SMILES string of the molecule is CC(C)c1ccc2c(c1)Cc1cccc(c1)CN(C(=O)c1cc(F)cc(F)c1)CCOCCO2. The van der Waals surface area contributed by atoms with Gasteiger partial charge < -0.3 is 14.4 Å². The van der Waals surface area contributed by atoms with Crippen molar-refractivity contribution in [2.75, 3.05) is 26.4 Å². The molecule has 4 nitrogen and oxygen atoms in total. The van der Waals surface area contributed by atoms with E-state index in [9.17, 15) is 13.6 Å². The van der Waals surface area contributed by atoms with Gasteiger partial charge in [-0.2, -0.15) is 0 Å². The Bertz CT molecular complexity index is 1140. The van der Waals surface area contributed by atoms with Crippen molar-refractivity contribution in [1.82, 2.24) is 4.90 Å². The molecule has 3 aromatic rings. The maximum Gasteiger partial charge on any atom is 0.254 e. The summed E-state index contributed by atoms with van der Waals surface area (Å²) in [4.78, 5) is 14.7. The third kappa shape index (κ3) is 6.00. The average molecular weight is 466 g/mol. The van der Waals surface area contributed by atoms with E-state index in [1.165, 1.54) is 5.56 Å². The Labute approximate surface area is 199 Å². The van der Waals surface area contributed by atoms with Crippen LogP contribution in [0.1, 0.15) is 52.4 Å². The Balaban J connectivity index is 1.64. The highest BCUT2D eigenvalue weighted by molar-refractivity contribution is 5.94. The van der Waals surface area contributed by atoms with Gasteiger partial charge in [-0.15, -0.1) is 0 Å². The van der Waals surface area contributed by atoms with Gasteiger partial charge in [-0.05, 0) is 46.4 Å². The number of ether oxygens (including phenoxy) is 2. The van der Waals surface area contributed by atoms with E-state index in [-0.39, 0.29) is 18.7 Å². The Morgan fingerprint density at radius 3 is 2.44 bits per heavy atom. The van der Waals surface area contributed by atoms with Crippen LogP contribution in [0.4, 0.5) is 8.78 Å². The normalized spacial score (nSPS) is 14.8. The molecular weight excluding hydrogens is 436 g/mol. The minimum absolute atomic E-state index is 0.0201. The molecule has 0 unspecified atom stereocenters. The molecule has 178 valence electrons. The summed E-state index contributed by atoms with van der Waals surface area (Å²) in [5.41, 5.74) is 4.36. The monoisotopic (exact) mass is 465 g/mol. The van der Waals surface area contributed by atoms with Gasteiger partial charge in [-0.25, -0.2) is 8.78 Å². The summed E-state index contributed by atoms with van der Waals surface area (Å²) in [5.74, 6) is -0.746. The predicted molar refractivity (Wildman–Crippen MR) is 127 cm³/mol. The smallest absolute Gasteiger partial charge is 0.254 e. The lowest BCUT2D eigenvalue weighted by Crippen LogP contribution is -2.34. The highest BCUT2D eigenvalue weighted by Gasteiger charge is 2.19. The number of carbonyl (C=O) groups excluding carboxylic acids is 1. The number of fused-ring (bicyclic) bond motifs is 3. The molecule has 1 aliphatic heterocycles. The van der Waals surface area contributed by atoms with Gasteiger partial charge in [-0.1, -0.05) is 50.2 Å². The van der Waals surface area contributed by atoms with Gasteiger partial charge in [0.25, 0.3) is 5.91 Å². The van der Waals surface area contributed by atoms with Gasteiger partial charge in [0, 0.05) is 31.1 Å². The maximum atomic E-state index is 13.7. The number of hydrogen-bond donors (Lipinski definition) is 0. The first-order valence-corrected chi connectivity index (χ1v) is 11.6. The molecule has 34 heavy (non-hydrogen) atoms. The fourth-order valence-corrected chi connectivity index (χ4v) is 4.12. The van der Waals surface area contributed by atoms with Gasteiger partial charge in [0.05, 0.1) is 13.2 Å². The van der Waals surface area contributed by atoms with E-state index in [0.29, 0.717) is 32.1 Å². The summed E-state index contributed by atoms with van der Waals surface area (Å²) in [7, 11) is 0. The Kier molecular flexibility index (Phi) is 7.58. The minimum atomic E-state index is -0.778. The van der Waals surface area contributed by atoms with Crippen molar-refractivity contribution in [2.45, 2.75) is 32.7 Å². The van der Waals surface area contributed by atoms with E-state index < -0.39 is 17.5 Å². The van der Waals surface area contributed by atoms with E-state index in [0.717, 1.165) is 40.6 Å². The summed E-state index contributed by atoms with van der Waals surface area (Å²) >= 11 is 0. The summed E-state index contributed by atoms with van der Waals surface area (Å²) in [6, 6.07) is 17.2. The van der Waals surface area contributed by atoms with Gasteiger partial charge in [0.2, 0.25) is 0 Å². The molecule has 1 aliphatic rings. The molecule has 2 bridgehead atoms. The van der Waals surface area contributed by atoms with Crippen molar-refractivity contribution >= 4 is 5.91 Å². The molecule has 0 aromatic heterocycles. The molecule has 1 amide bonds. The third-order valence-corrected chi connectivity index (χ3v) is 5.90. The Morgan fingerprint density at radius 2 is 1.68 bits per heavy atom. The number of hydrogen-bond acceptors (Lipinski definition) is 3. The number of benzene rings is 3. The predicted octanol–water partition coefficient (Wildman–Crippen LogP) is 5.73. The zero-order valence-electron chi connectivity index (χ0n) is 19.5. The highest BCUT2D eigenvalue weighted by atomic mass is 19.1. The fourth-order valence-electron chi connectivity index (χ4n) is 4.12. The van der Waals surface area contributed by atoms with Crippen LogP contribution < -0.4 is 4.74 Å². The largest absolute Gasteiger partial charge is 0.491 e. The molecule has 0 atom stereocenters. The zero-order valence-corrected chi connectivity index (χ0v) is 19.5. The molecule has 0 radical (unpaired) electrons. The van der Waals surface area contributed by atoms with E-state index in [1.54, 1.807) is 4.90 Å². The average Bonchev–Trinajstić information content (AvgIpc) is 2.80. The van der Waals surface area contributed by atoms with Crippen molar-refractivity contribution in [3.63, 3.8) is 0 Å². The maximum absolute atomic E-state index is 13.7. The molecule has 0 N–H and O–H groups in total. The lowest BCUT2D eigenvalue weighted by atomic mass is 9.96. The molecule has 0 spiro atoms. The first-order valence-electron chi connectivity index (χ1n) is 11.6. The topological polar surface area (TPSA) is 38.8 Å². The van der Waals surface area contributed by atoms with Gasteiger partial charge >= 0.3 is 0 Å². The molecule has 0 fully saturated rings. The fraction of sp³-hybridized carbons (Fsp3) is 0.321. The van der Waals surface area contributed by atoms with Gasteiger partial charge in [-0.3, -0.25) is 4.79 Å². The summed E-state index contributed by atoms with van der Waals surface area (Å²) in [6.45, 7) is 5.96. The Hall–Kier alpha value is -3.25. The first-order chi connectivity index (χ1) is 16.4. The molecule has 0 saturated heterocycles. The van der Waals surface area contributed by atoms with Gasteiger partial charge in [0.15, 0.2) is 0 Å². The van der Waals surface area contributed by atoms with Crippen LogP contribution in [0.5, 0.6) is 5.75 Å². The van der Waals surface area contributed by atoms with Crippen LogP contribution in [0.25, 0.3) is 0 Å². The van der Waals surface area contributed by atoms with Crippen LogP contribution in [0.15, 0.2) is 60.7 Å². The van der Waals surface area contributed by atoms with E-state index >= 15 is 0 Å². The molecule has 6 heteroatoms. The molecule has 0 saturated carbocycles. The molecule has 1 heterocycles. The Morgan fingerprint density at radius 1 is 0.912 bits per heavy atom. The number of nitrogens with zero attached hydrogens (tertiary/aromatic N) is 1. The quantitative estimate of drug-likeness (QED) is 0.485. The summed E-state index contributed by atoms with van der Waals surface area (Å²) in [6.07, 6.45) is 0.688. The number of halogens is 2. The minimum Gasteiger partial charge on any atom is -0.491 e. The zero-order chi connectivity index (χ0) is 24.1. The standard InChI is InChI=1S/C28H29F2NO3/c1-19(2)22-6-7-27-23(14-22)13-20-4-3-5-21(12-20)18-31(8-9-33-10-11-34-27)28(32)24-15-25(29)17-26(30)16-24/h3-7,12,14-17,19H,8-11,13,18H2,1-2H3. The van der Waals surface area contributed by atoms with E-state index in [1.807, 2.05) is 18.2 Å². The van der Waals surface area contributed by atoms with Crippen molar-refractivity contribution in [3.05, 3.63) is 100 Å². The van der Waals surface area contributed by atoms with Crippen LogP contribution in [-0.4, -0.2) is 37.2 Å². The van der Waals surface area contributed by atoms with E-state index in [2.05, 4.69) is 38.1 Å². The van der Waals surface area contributed by atoms with Crippen molar-refractivity contribution < 1.29 is 23.0 Å². The number of carbonyl (C=O) groups is 1. The first kappa shape index (κ1) is 23.9. The van der Waals surface area contributed by atoms with Crippen LogP contribution in [-0.2, 0) is 17.7 Å². The molecule has 3 aromatic carbocycles. The summed E-state index contributed by atoms with van der Waals surface area (Å²) in [5, 5.41) is 0. The lowest BCUT2D eigenvalue weighted by Gasteiger charge is -2.24.